The minimum atomic E-state index is -0.427. The maximum absolute atomic E-state index is 12.8. The van der Waals surface area contributed by atoms with Gasteiger partial charge in [-0.25, -0.2) is 4.39 Å². The Morgan fingerprint density at radius 2 is 2.13 bits per heavy atom. The summed E-state index contributed by atoms with van der Waals surface area (Å²) in [6, 6.07) is 7.99. The van der Waals surface area contributed by atoms with E-state index in [1.54, 1.807) is 18.0 Å². The molecule has 0 saturated heterocycles. The maximum Gasteiger partial charge on any atom is 0.124 e. The van der Waals surface area contributed by atoms with Crippen molar-refractivity contribution >= 4 is 5.69 Å². The lowest BCUT2D eigenvalue weighted by atomic mass is 10.1. The highest BCUT2D eigenvalue weighted by Gasteiger charge is 2.07. The van der Waals surface area contributed by atoms with E-state index in [9.17, 15) is 4.39 Å². The number of rotatable bonds is 3. The summed E-state index contributed by atoms with van der Waals surface area (Å²) in [6.07, 6.45) is 0.374. The van der Waals surface area contributed by atoms with E-state index < -0.39 is 5.82 Å². The number of nitrogens with zero attached hydrogens (tertiary/aromatic N) is 3. The van der Waals surface area contributed by atoms with Crippen molar-refractivity contribution in [1.82, 2.24) is 0 Å². The summed E-state index contributed by atoms with van der Waals surface area (Å²) in [5.74, 6) is -0.427. The van der Waals surface area contributed by atoms with Crippen molar-refractivity contribution in [3.05, 3.63) is 29.6 Å². The lowest BCUT2D eigenvalue weighted by Gasteiger charge is -2.18. The molecule has 0 aliphatic heterocycles. The Kier molecular flexibility index (Phi) is 3.65. The maximum atomic E-state index is 12.8. The first kappa shape index (κ1) is 11.0. The molecule has 0 aromatic heterocycles. The molecule has 76 valence electrons. The molecule has 0 atom stereocenters. The minimum absolute atomic E-state index is 0.287. The molecular weight excluding hydrogens is 193 g/mol. The zero-order chi connectivity index (χ0) is 11.3. The van der Waals surface area contributed by atoms with Crippen LogP contribution in [0, 0.1) is 28.5 Å². The summed E-state index contributed by atoms with van der Waals surface area (Å²) in [5.41, 5.74) is 0.935. The summed E-state index contributed by atoms with van der Waals surface area (Å²) < 4.78 is 12.8. The highest BCUT2D eigenvalue weighted by atomic mass is 19.1. The van der Waals surface area contributed by atoms with Crippen molar-refractivity contribution in [2.24, 2.45) is 0 Å². The Labute approximate surface area is 88.0 Å². The second kappa shape index (κ2) is 4.97. The van der Waals surface area contributed by atoms with Crippen LogP contribution in [0.5, 0.6) is 0 Å². The second-order valence-electron chi connectivity index (χ2n) is 3.10. The topological polar surface area (TPSA) is 50.8 Å². The summed E-state index contributed by atoms with van der Waals surface area (Å²) >= 11 is 0. The fraction of sp³-hybridized carbons (Fsp3) is 0.273. The fourth-order valence-corrected chi connectivity index (χ4v) is 1.27. The molecule has 0 amide bonds. The van der Waals surface area contributed by atoms with E-state index in [0.29, 0.717) is 18.7 Å². The molecule has 1 aromatic carbocycles. The van der Waals surface area contributed by atoms with Crippen molar-refractivity contribution in [3.63, 3.8) is 0 Å². The van der Waals surface area contributed by atoms with E-state index in [1.807, 2.05) is 12.1 Å². The van der Waals surface area contributed by atoms with Crippen LogP contribution in [0.25, 0.3) is 0 Å². The normalized spacial score (nSPS) is 9.07. The average Bonchev–Trinajstić information content (AvgIpc) is 2.25. The van der Waals surface area contributed by atoms with Gasteiger partial charge in [0.2, 0.25) is 0 Å². The van der Waals surface area contributed by atoms with Gasteiger partial charge < -0.3 is 4.90 Å². The molecular formula is C11H10FN3. The van der Waals surface area contributed by atoms with Crippen LogP contribution in [0.3, 0.4) is 0 Å². The lowest BCUT2D eigenvalue weighted by Crippen LogP contribution is -2.19. The molecule has 4 heteroatoms. The third-order valence-electron chi connectivity index (χ3n) is 2.05. The van der Waals surface area contributed by atoms with Crippen molar-refractivity contribution < 1.29 is 4.39 Å². The molecule has 0 heterocycles. The summed E-state index contributed by atoms with van der Waals surface area (Å²) in [5, 5.41) is 17.2. The van der Waals surface area contributed by atoms with Gasteiger partial charge in [-0.3, -0.25) is 0 Å². The summed E-state index contributed by atoms with van der Waals surface area (Å²) in [4.78, 5) is 1.77. The van der Waals surface area contributed by atoms with Gasteiger partial charge in [0.05, 0.1) is 23.7 Å². The Bertz CT molecular complexity index is 428. The molecule has 3 nitrogen and oxygen atoms in total. The van der Waals surface area contributed by atoms with Gasteiger partial charge in [0.25, 0.3) is 0 Å². The van der Waals surface area contributed by atoms with Gasteiger partial charge in [0, 0.05) is 13.6 Å². The van der Waals surface area contributed by atoms with Crippen LogP contribution in [-0.2, 0) is 0 Å². The molecule has 0 aliphatic rings. The van der Waals surface area contributed by atoms with Crippen molar-refractivity contribution in [3.8, 4) is 12.1 Å². The van der Waals surface area contributed by atoms with E-state index >= 15 is 0 Å². The largest absolute Gasteiger partial charge is 0.372 e. The number of benzene rings is 1. The predicted octanol–water partition coefficient (Wildman–Crippen LogP) is 2.05. The standard InChI is InChI=1S/C11H10FN3/c1-15(6-2-5-13)11-4-3-10(12)7-9(11)8-14/h3-4,7H,2,6H2,1H3. The van der Waals surface area contributed by atoms with Gasteiger partial charge in [-0.2, -0.15) is 10.5 Å². The predicted molar refractivity (Wildman–Crippen MR) is 54.6 cm³/mol. The zero-order valence-corrected chi connectivity index (χ0v) is 8.37. The molecule has 0 bridgehead atoms. The molecule has 1 aromatic rings. The van der Waals surface area contributed by atoms with E-state index in [2.05, 4.69) is 0 Å². The van der Waals surface area contributed by atoms with Crippen LogP contribution in [0.4, 0.5) is 10.1 Å². The molecule has 1 rings (SSSR count). The van der Waals surface area contributed by atoms with E-state index in [4.69, 9.17) is 10.5 Å². The molecule has 0 spiro atoms. The van der Waals surface area contributed by atoms with Crippen LogP contribution >= 0.6 is 0 Å². The highest BCUT2D eigenvalue weighted by Crippen LogP contribution is 2.19. The first-order chi connectivity index (χ1) is 7.19. The number of hydrogen-bond donors (Lipinski definition) is 0. The van der Waals surface area contributed by atoms with Gasteiger partial charge in [0.1, 0.15) is 11.9 Å². The van der Waals surface area contributed by atoms with E-state index in [-0.39, 0.29) is 5.56 Å². The summed E-state index contributed by atoms with van der Waals surface area (Å²) in [6.45, 7) is 0.525. The van der Waals surface area contributed by atoms with Gasteiger partial charge in [-0.15, -0.1) is 0 Å². The second-order valence-corrected chi connectivity index (χ2v) is 3.10. The molecule has 0 unspecified atom stereocenters. The van der Waals surface area contributed by atoms with E-state index in [1.165, 1.54) is 12.1 Å². The molecule has 0 N–H and O–H groups in total. The number of anilines is 1. The Balaban J connectivity index is 2.95. The quantitative estimate of drug-likeness (QED) is 0.755. The monoisotopic (exact) mass is 203 g/mol. The number of halogens is 1. The summed E-state index contributed by atoms with van der Waals surface area (Å²) in [7, 11) is 1.77. The van der Waals surface area contributed by atoms with Gasteiger partial charge in [0.15, 0.2) is 0 Å². The van der Waals surface area contributed by atoms with Crippen LogP contribution in [0.15, 0.2) is 18.2 Å². The van der Waals surface area contributed by atoms with Crippen LogP contribution in [-0.4, -0.2) is 13.6 Å². The molecule has 0 saturated carbocycles. The van der Waals surface area contributed by atoms with Crippen LogP contribution < -0.4 is 4.90 Å². The van der Waals surface area contributed by atoms with Gasteiger partial charge in [-0.1, -0.05) is 0 Å². The highest BCUT2D eigenvalue weighted by molar-refractivity contribution is 5.58. The third kappa shape index (κ3) is 2.69. The fourth-order valence-electron chi connectivity index (χ4n) is 1.27. The third-order valence-corrected chi connectivity index (χ3v) is 2.05. The van der Waals surface area contributed by atoms with E-state index in [0.717, 1.165) is 0 Å². The van der Waals surface area contributed by atoms with Crippen LogP contribution in [0.2, 0.25) is 0 Å². The minimum Gasteiger partial charge on any atom is -0.372 e. The van der Waals surface area contributed by atoms with Gasteiger partial charge >= 0.3 is 0 Å². The Hall–Kier alpha value is -2.07. The van der Waals surface area contributed by atoms with Crippen molar-refractivity contribution in [1.29, 1.82) is 10.5 Å². The average molecular weight is 203 g/mol. The first-order valence-corrected chi connectivity index (χ1v) is 4.46. The molecule has 0 radical (unpaired) electrons. The smallest absolute Gasteiger partial charge is 0.124 e. The number of nitriles is 2. The molecule has 0 fully saturated rings. The van der Waals surface area contributed by atoms with Gasteiger partial charge in [-0.05, 0) is 18.2 Å². The van der Waals surface area contributed by atoms with Crippen LogP contribution in [0.1, 0.15) is 12.0 Å². The van der Waals surface area contributed by atoms with Crippen molar-refractivity contribution in [2.45, 2.75) is 6.42 Å². The number of hydrogen-bond acceptors (Lipinski definition) is 3. The Morgan fingerprint density at radius 1 is 1.40 bits per heavy atom. The first-order valence-electron chi connectivity index (χ1n) is 4.46. The van der Waals surface area contributed by atoms with Crippen molar-refractivity contribution in [2.75, 3.05) is 18.5 Å². The molecule has 15 heavy (non-hydrogen) atoms. The Morgan fingerprint density at radius 3 is 2.73 bits per heavy atom. The zero-order valence-electron chi connectivity index (χ0n) is 8.37. The molecule has 0 aliphatic carbocycles. The SMILES string of the molecule is CN(CCC#N)c1ccc(F)cc1C#N. The lowest BCUT2D eigenvalue weighted by molar-refractivity contribution is 0.627.